The first-order chi connectivity index (χ1) is 11.4. The third kappa shape index (κ3) is 2.26. The van der Waals surface area contributed by atoms with Gasteiger partial charge in [-0.05, 0) is 92.3 Å². The highest BCUT2D eigenvalue weighted by atomic mass is 16.3. The van der Waals surface area contributed by atoms with Gasteiger partial charge in [-0.25, -0.2) is 0 Å². The van der Waals surface area contributed by atoms with Gasteiger partial charge in [-0.15, -0.1) is 0 Å². The Morgan fingerprint density at radius 1 is 0.958 bits per heavy atom. The lowest BCUT2D eigenvalue weighted by Crippen LogP contribution is -2.54. The molecule has 3 nitrogen and oxygen atoms in total. The van der Waals surface area contributed by atoms with Gasteiger partial charge in [0.1, 0.15) is 6.61 Å². The summed E-state index contributed by atoms with van der Waals surface area (Å²) in [7, 11) is 0. The Balaban J connectivity index is 1.60. The second kappa shape index (κ2) is 5.81. The van der Waals surface area contributed by atoms with Crippen LogP contribution in [0, 0.1) is 40.4 Å². The molecule has 0 saturated heterocycles. The first-order valence-corrected chi connectivity index (χ1v) is 10.2. The summed E-state index contributed by atoms with van der Waals surface area (Å²) in [5.41, 5.74) is 0.529. The van der Waals surface area contributed by atoms with Crippen LogP contribution < -0.4 is 0 Å². The van der Waals surface area contributed by atoms with Gasteiger partial charge in [0.15, 0.2) is 5.78 Å². The molecule has 4 saturated carbocycles. The van der Waals surface area contributed by atoms with Crippen molar-refractivity contribution in [3.63, 3.8) is 0 Å². The maximum Gasteiger partial charge on any atom is 0.161 e. The van der Waals surface area contributed by atoms with E-state index in [4.69, 9.17) is 0 Å². The second-order valence-electron chi connectivity index (χ2n) is 9.88. The van der Waals surface area contributed by atoms with Crippen molar-refractivity contribution in [2.75, 3.05) is 6.61 Å². The van der Waals surface area contributed by atoms with E-state index in [1.165, 1.54) is 32.1 Å². The van der Waals surface area contributed by atoms with Gasteiger partial charge < -0.3 is 10.2 Å². The standard InChI is InChI=1S/C21H34O3/c1-20-9-7-14(23)11-13(20)3-4-15-16-5-6-18(19(24)12-22)21(16,2)10-8-17(15)20/h13-18,22-23H,3-12H2,1-2H3/t13-,14?,15-,16-,17-,18+,20-,21-/m0/s1. The minimum atomic E-state index is -0.279. The summed E-state index contributed by atoms with van der Waals surface area (Å²) in [4.78, 5) is 12.3. The Kier molecular flexibility index (Phi) is 4.12. The van der Waals surface area contributed by atoms with Gasteiger partial charge in [0.2, 0.25) is 0 Å². The molecule has 0 aliphatic heterocycles. The molecule has 24 heavy (non-hydrogen) atoms. The van der Waals surface area contributed by atoms with Crippen LogP contribution in [0.3, 0.4) is 0 Å². The van der Waals surface area contributed by atoms with Crippen LogP contribution in [0.4, 0.5) is 0 Å². The van der Waals surface area contributed by atoms with Crippen LogP contribution in [0.25, 0.3) is 0 Å². The van der Waals surface area contributed by atoms with Gasteiger partial charge in [-0.2, -0.15) is 0 Å². The number of rotatable bonds is 2. The van der Waals surface area contributed by atoms with Gasteiger partial charge in [0, 0.05) is 5.92 Å². The molecule has 0 bridgehead atoms. The van der Waals surface area contributed by atoms with E-state index < -0.39 is 0 Å². The topological polar surface area (TPSA) is 57.5 Å². The Morgan fingerprint density at radius 2 is 1.67 bits per heavy atom. The molecule has 136 valence electrons. The Labute approximate surface area is 146 Å². The second-order valence-corrected chi connectivity index (χ2v) is 9.88. The van der Waals surface area contributed by atoms with E-state index in [0.29, 0.717) is 17.3 Å². The minimum absolute atomic E-state index is 0.0773. The highest BCUT2D eigenvalue weighted by Crippen LogP contribution is 2.67. The van der Waals surface area contributed by atoms with Crippen molar-refractivity contribution in [2.45, 2.75) is 77.7 Å². The van der Waals surface area contributed by atoms with E-state index in [0.717, 1.165) is 37.5 Å². The molecule has 0 aromatic rings. The lowest BCUT2D eigenvalue weighted by molar-refractivity contribution is -0.141. The SMILES string of the molecule is C[C@]12CCC(O)C[C@@H]1CC[C@@H]1[C@@H]2CC[C@]2(C)[C@@H](C(=O)CO)CC[C@@H]12. The van der Waals surface area contributed by atoms with Crippen LogP contribution in [0.5, 0.6) is 0 Å². The van der Waals surface area contributed by atoms with Gasteiger partial charge in [-0.3, -0.25) is 4.79 Å². The van der Waals surface area contributed by atoms with Crippen molar-refractivity contribution in [3.05, 3.63) is 0 Å². The van der Waals surface area contributed by atoms with Crippen LogP contribution in [0.1, 0.15) is 71.6 Å². The lowest BCUT2D eigenvalue weighted by atomic mass is 9.44. The third-order valence-corrected chi connectivity index (χ3v) is 9.18. The predicted octanol–water partition coefficient (Wildman–Crippen LogP) is 3.57. The summed E-state index contributed by atoms with van der Waals surface area (Å²) in [6.45, 7) is 4.57. The zero-order chi connectivity index (χ0) is 17.1. The molecule has 0 heterocycles. The molecule has 0 aromatic heterocycles. The van der Waals surface area contributed by atoms with E-state index in [-0.39, 0.29) is 29.8 Å². The molecule has 0 spiro atoms. The molecule has 4 aliphatic rings. The molecule has 4 rings (SSSR count). The fourth-order valence-corrected chi connectivity index (χ4v) is 7.87. The Hall–Kier alpha value is -0.410. The molecule has 4 aliphatic carbocycles. The minimum Gasteiger partial charge on any atom is -0.393 e. The number of carbonyl (C=O) groups is 1. The zero-order valence-corrected chi connectivity index (χ0v) is 15.3. The highest BCUT2D eigenvalue weighted by Gasteiger charge is 2.60. The number of carbonyl (C=O) groups excluding carboxylic acids is 1. The van der Waals surface area contributed by atoms with E-state index in [2.05, 4.69) is 13.8 Å². The number of hydrogen-bond donors (Lipinski definition) is 2. The maximum atomic E-state index is 12.3. The summed E-state index contributed by atoms with van der Waals surface area (Å²) in [6, 6.07) is 0. The summed E-state index contributed by atoms with van der Waals surface area (Å²) in [6.07, 6.45) is 10.2. The van der Waals surface area contributed by atoms with Crippen molar-refractivity contribution >= 4 is 5.78 Å². The molecule has 4 fully saturated rings. The number of fused-ring (bicyclic) bond motifs is 5. The fourth-order valence-electron chi connectivity index (χ4n) is 7.87. The molecule has 1 unspecified atom stereocenters. The first kappa shape index (κ1) is 17.0. The van der Waals surface area contributed by atoms with E-state index in [9.17, 15) is 15.0 Å². The molecular weight excluding hydrogens is 300 g/mol. The van der Waals surface area contributed by atoms with Gasteiger partial charge >= 0.3 is 0 Å². The summed E-state index contributed by atoms with van der Waals surface area (Å²) in [5, 5.41) is 19.5. The first-order valence-electron chi connectivity index (χ1n) is 10.2. The van der Waals surface area contributed by atoms with E-state index >= 15 is 0 Å². The number of hydrogen-bond acceptors (Lipinski definition) is 3. The Bertz CT molecular complexity index is 517. The van der Waals surface area contributed by atoms with Crippen LogP contribution in [0.2, 0.25) is 0 Å². The third-order valence-electron chi connectivity index (χ3n) is 9.18. The summed E-state index contributed by atoms with van der Waals surface area (Å²) in [5.74, 6) is 3.08. The van der Waals surface area contributed by atoms with Crippen molar-refractivity contribution < 1.29 is 15.0 Å². The summed E-state index contributed by atoms with van der Waals surface area (Å²) >= 11 is 0. The number of Topliss-reactive ketones (excluding diaryl/α,β-unsaturated/α-hetero) is 1. The van der Waals surface area contributed by atoms with Crippen LogP contribution >= 0.6 is 0 Å². The smallest absolute Gasteiger partial charge is 0.161 e. The number of aliphatic hydroxyl groups excluding tert-OH is 2. The highest BCUT2D eigenvalue weighted by molar-refractivity contribution is 5.83. The van der Waals surface area contributed by atoms with Crippen molar-refractivity contribution in [2.24, 2.45) is 40.4 Å². The summed E-state index contributed by atoms with van der Waals surface area (Å²) < 4.78 is 0. The molecule has 3 heteroatoms. The van der Waals surface area contributed by atoms with Crippen molar-refractivity contribution in [3.8, 4) is 0 Å². The molecular formula is C21H34O3. The predicted molar refractivity (Wildman–Crippen MR) is 93.3 cm³/mol. The quantitative estimate of drug-likeness (QED) is 0.812. The Morgan fingerprint density at radius 3 is 2.42 bits per heavy atom. The average Bonchev–Trinajstić information content (AvgIpc) is 2.92. The van der Waals surface area contributed by atoms with Crippen LogP contribution in [-0.4, -0.2) is 28.7 Å². The largest absolute Gasteiger partial charge is 0.393 e. The van der Waals surface area contributed by atoms with Crippen LogP contribution in [0.15, 0.2) is 0 Å². The molecule has 8 atom stereocenters. The maximum absolute atomic E-state index is 12.3. The number of ketones is 1. The lowest BCUT2D eigenvalue weighted by Gasteiger charge is -2.60. The normalized spacial score (nSPS) is 53.8. The van der Waals surface area contributed by atoms with E-state index in [1.807, 2.05) is 0 Å². The molecule has 0 amide bonds. The monoisotopic (exact) mass is 334 g/mol. The molecule has 0 aromatic carbocycles. The zero-order valence-electron chi connectivity index (χ0n) is 15.3. The van der Waals surface area contributed by atoms with Crippen molar-refractivity contribution in [1.29, 1.82) is 0 Å². The van der Waals surface area contributed by atoms with Crippen molar-refractivity contribution in [1.82, 2.24) is 0 Å². The van der Waals surface area contributed by atoms with Gasteiger partial charge in [0.05, 0.1) is 6.10 Å². The molecule has 0 radical (unpaired) electrons. The number of aliphatic hydroxyl groups is 2. The fraction of sp³-hybridized carbons (Fsp3) is 0.952. The van der Waals surface area contributed by atoms with Gasteiger partial charge in [-0.1, -0.05) is 13.8 Å². The van der Waals surface area contributed by atoms with E-state index in [1.54, 1.807) is 0 Å². The average molecular weight is 335 g/mol. The molecule has 2 N–H and O–H groups in total. The van der Waals surface area contributed by atoms with Crippen LogP contribution in [-0.2, 0) is 4.79 Å². The van der Waals surface area contributed by atoms with Gasteiger partial charge in [0.25, 0.3) is 0 Å².